The van der Waals surface area contributed by atoms with E-state index in [-0.39, 0.29) is 11.4 Å². The zero-order valence-corrected chi connectivity index (χ0v) is 19.9. The van der Waals surface area contributed by atoms with Gasteiger partial charge < -0.3 is 14.8 Å². The second-order valence-electron chi connectivity index (χ2n) is 7.21. The second kappa shape index (κ2) is 9.36. The van der Waals surface area contributed by atoms with Gasteiger partial charge in [-0.1, -0.05) is 55.1 Å². The Morgan fingerprint density at radius 3 is 2.56 bits per heavy atom. The zero-order chi connectivity index (χ0) is 22.7. The summed E-state index contributed by atoms with van der Waals surface area (Å²) in [5, 5.41) is 3.39. The highest BCUT2D eigenvalue weighted by atomic mass is 79.9. The van der Waals surface area contributed by atoms with Gasteiger partial charge in [0.05, 0.1) is 17.3 Å². The quantitative estimate of drug-likeness (QED) is 0.431. The van der Waals surface area contributed by atoms with Gasteiger partial charge in [-0.2, -0.15) is 4.31 Å². The molecule has 8 heteroatoms. The van der Waals surface area contributed by atoms with Crippen LogP contribution in [-0.4, -0.2) is 26.4 Å². The van der Waals surface area contributed by atoms with Crippen LogP contribution in [0.25, 0.3) is 0 Å². The van der Waals surface area contributed by atoms with Gasteiger partial charge in [0.1, 0.15) is 17.7 Å². The van der Waals surface area contributed by atoms with E-state index in [0.717, 1.165) is 5.56 Å². The van der Waals surface area contributed by atoms with E-state index >= 15 is 0 Å². The van der Waals surface area contributed by atoms with Crippen LogP contribution in [0.1, 0.15) is 17.3 Å². The Kier molecular flexibility index (Phi) is 6.55. The van der Waals surface area contributed by atoms with Crippen LogP contribution in [0.4, 0.5) is 5.69 Å². The molecule has 1 aliphatic rings. The summed E-state index contributed by atoms with van der Waals surface area (Å²) in [5.41, 5.74) is 2.16. The molecule has 0 amide bonds. The van der Waals surface area contributed by atoms with Crippen LogP contribution in [0.5, 0.6) is 11.5 Å². The molecule has 0 spiro atoms. The van der Waals surface area contributed by atoms with Crippen LogP contribution in [-0.2, 0) is 16.6 Å². The van der Waals surface area contributed by atoms with E-state index in [2.05, 4.69) is 27.8 Å². The molecule has 4 rings (SSSR count). The van der Waals surface area contributed by atoms with E-state index in [4.69, 9.17) is 9.47 Å². The predicted octanol–water partition coefficient (Wildman–Crippen LogP) is 5.34. The minimum atomic E-state index is -3.76. The van der Waals surface area contributed by atoms with Gasteiger partial charge in [-0.05, 0) is 51.3 Å². The normalized spacial score (nSPS) is 17.1. The minimum absolute atomic E-state index is 0.212. The number of benzene rings is 3. The van der Waals surface area contributed by atoms with Crippen molar-refractivity contribution < 1.29 is 17.9 Å². The molecule has 1 N–H and O–H groups in total. The number of ether oxygens (including phenoxy) is 2. The first kappa shape index (κ1) is 22.4. The number of hydrogen-bond donors (Lipinski definition) is 1. The van der Waals surface area contributed by atoms with Crippen LogP contribution in [0.3, 0.4) is 0 Å². The predicted molar refractivity (Wildman–Crippen MR) is 128 cm³/mol. The molecule has 6 nitrogen and oxygen atoms in total. The Balaban J connectivity index is 1.83. The van der Waals surface area contributed by atoms with Crippen LogP contribution < -0.4 is 14.8 Å². The van der Waals surface area contributed by atoms with E-state index in [1.807, 2.05) is 42.5 Å². The highest BCUT2D eigenvalue weighted by molar-refractivity contribution is 9.10. The third-order valence-corrected chi connectivity index (χ3v) is 7.61. The smallest absolute Gasteiger partial charge is 0.247 e. The Hall–Kier alpha value is -2.81. The SMILES string of the molecule is C=CCOc1c(Br)cc([C@H]2Nc3ccccc3S(=O)(=O)N2Cc2ccccc2)cc1OC. The summed E-state index contributed by atoms with van der Waals surface area (Å²) in [4.78, 5) is 0.254. The van der Waals surface area contributed by atoms with Crippen molar-refractivity contribution >= 4 is 31.6 Å². The molecule has 0 aromatic heterocycles. The van der Waals surface area contributed by atoms with E-state index in [9.17, 15) is 8.42 Å². The van der Waals surface area contributed by atoms with Crippen molar-refractivity contribution in [1.29, 1.82) is 0 Å². The number of halogens is 1. The van der Waals surface area contributed by atoms with Gasteiger partial charge in [0.15, 0.2) is 11.5 Å². The summed E-state index contributed by atoms with van der Waals surface area (Å²) in [6.07, 6.45) is 1.00. The van der Waals surface area contributed by atoms with E-state index < -0.39 is 16.2 Å². The van der Waals surface area contributed by atoms with Crippen molar-refractivity contribution in [2.75, 3.05) is 19.0 Å². The summed E-state index contributed by atoms with van der Waals surface area (Å²) in [7, 11) is -2.21. The fourth-order valence-electron chi connectivity index (χ4n) is 3.66. The molecule has 0 unspecified atom stereocenters. The van der Waals surface area contributed by atoms with Gasteiger partial charge in [-0.3, -0.25) is 0 Å². The number of hydrogen-bond acceptors (Lipinski definition) is 5. The molecule has 0 saturated carbocycles. The van der Waals surface area contributed by atoms with E-state index in [0.29, 0.717) is 33.8 Å². The Labute approximate surface area is 196 Å². The molecule has 3 aromatic rings. The summed E-state index contributed by atoms with van der Waals surface area (Å²) >= 11 is 3.55. The number of para-hydroxylation sites is 1. The second-order valence-corrected chi connectivity index (χ2v) is 9.93. The lowest BCUT2D eigenvalue weighted by Gasteiger charge is -2.37. The Bertz CT molecular complexity index is 1230. The van der Waals surface area contributed by atoms with Gasteiger partial charge in [-0.25, -0.2) is 8.42 Å². The number of nitrogens with one attached hydrogen (secondary N) is 1. The molecule has 0 bridgehead atoms. The molecule has 1 atom stereocenters. The molecule has 0 fully saturated rings. The molecule has 32 heavy (non-hydrogen) atoms. The first-order valence-electron chi connectivity index (χ1n) is 9.98. The van der Waals surface area contributed by atoms with Gasteiger partial charge in [-0.15, -0.1) is 0 Å². The van der Waals surface area contributed by atoms with Crippen LogP contribution in [0, 0.1) is 0 Å². The van der Waals surface area contributed by atoms with Crippen molar-refractivity contribution in [3.05, 3.63) is 95.0 Å². The van der Waals surface area contributed by atoms with Crippen molar-refractivity contribution in [1.82, 2.24) is 4.31 Å². The first-order chi connectivity index (χ1) is 15.5. The van der Waals surface area contributed by atoms with Crippen LogP contribution in [0.2, 0.25) is 0 Å². The maximum atomic E-state index is 13.6. The Morgan fingerprint density at radius 2 is 1.84 bits per heavy atom. The molecule has 3 aromatic carbocycles. The van der Waals surface area contributed by atoms with Gasteiger partial charge in [0, 0.05) is 6.54 Å². The highest BCUT2D eigenvalue weighted by Gasteiger charge is 2.39. The largest absolute Gasteiger partial charge is 0.493 e. The molecule has 0 saturated heterocycles. The number of nitrogens with zero attached hydrogens (tertiary/aromatic N) is 1. The summed E-state index contributed by atoms with van der Waals surface area (Å²) in [6, 6.07) is 20.1. The van der Waals surface area contributed by atoms with Crippen molar-refractivity contribution in [3.8, 4) is 11.5 Å². The summed E-state index contributed by atoms with van der Waals surface area (Å²) < 4.78 is 40.7. The number of methoxy groups -OCH3 is 1. The summed E-state index contributed by atoms with van der Waals surface area (Å²) in [5.74, 6) is 1.03. The number of rotatable bonds is 7. The van der Waals surface area contributed by atoms with Crippen molar-refractivity contribution in [2.24, 2.45) is 0 Å². The fourth-order valence-corrected chi connectivity index (χ4v) is 5.92. The third-order valence-electron chi connectivity index (χ3n) is 5.15. The monoisotopic (exact) mass is 514 g/mol. The molecule has 1 heterocycles. The van der Waals surface area contributed by atoms with E-state index in [1.165, 1.54) is 4.31 Å². The van der Waals surface area contributed by atoms with Gasteiger partial charge in [0.25, 0.3) is 0 Å². The lowest BCUT2D eigenvalue weighted by molar-refractivity contribution is 0.318. The lowest BCUT2D eigenvalue weighted by Crippen LogP contribution is -2.42. The molecule has 1 aliphatic heterocycles. The van der Waals surface area contributed by atoms with E-state index in [1.54, 1.807) is 37.5 Å². The van der Waals surface area contributed by atoms with Crippen LogP contribution in [0.15, 0.2) is 88.8 Å². The molecule has 0 radical (unpaired) electrons. The van der Waals surface area contributed by atoms with Gasteiger partial charge in [0.2, 0.25) is 10.0 Å². The lowest BCUT2D eigenvalue weighted by atomic mass is 10.1. The van der Waals surface area contributed by atoms with Crippen LogP contribution >= 0.6 is 15.9 Å². The standard InChI is InChI=1S/C24H23BrN2O4S/c1-3-13-31-23-19(25)14-18(15-21(23)30-2)24-26-20-11-7-8-12-22(20)32(28,29)27(24)16-17-9-5-4-6-10-17/h3-12,14-15,24,26H,1,13,16H2,2H3/t24-/m0/s1. The average molecular weight is 515 g/mol. The average Bonchev–Trinajstić information content (AvgIpc) is 2.80. The fraction of sp³-hybridized carbons (Fsp3) is 0.167. The zero-order valence-electron chi connectivity index (χ0n) is 17.5. The van der Waals surface area contributed by atoms with Gasteiger partial charge >= 0.3 is 0 Å². The molecule has 166 valence electrons. The number of sulfonamides is 1. The number of anilines is 1. The molecular weight excluding hydrogens is 492 g/mol. The maximum Gasteiger partial charge on any atom is 0.247 e. The maximum absolute atomic E-state index is 13.6. The van der Waals surface area contributed by atoms with Crippen molar-refractivity contribution in [2.45, 2.75) is 17.6 Å². The van der Waals surface area contributed by atoms with Crippen molar-refractivity contribution in [3.63, 3.8) is 0 Å². The number of fused-ring (bicyclic) bond motifs is 1. The highest BCUT2D eigenvalue weighted by Crippen LogP contribution is 2.43. The first-order valence-corrected chi connectivity index (χ1v) is 12.2. The molecular formula is C24H23BrN2O4S. The third kappa shape index (κ3) is 4.26. The summed E-state index contributed by atoms with van der Waals surface area (Å²) in [6.45, 7) is 4.20. The minimum Gasteiger partial charge on any atom is -0.493 e. The molecule has 0 aliphatic carbocycles. The topological polar surface area (TPSA) is 67.9 Å². The Morgan fingerprint density at radius 1 is 1.12 bits per heavy atom.